The average molecular weight is 288 g/mol. The summed E-state index contributed by atoms with van der Waals surface area (Å²) in [6.45, 7) is 3.55. The molecule has 0 unspecified atom stereocenters. The Morgan fingerprint density at radius 1 is 1.24 bits per heavy atom. The predicted octanol–water partition coefficient (Wildman–Crippen LogP) is 2.31. The molecule has 1 aromatic carbocycles. The molecule has 1 fully saturated rings. The standard InChI is InChI=1S/C16H20N2O3/c1-15(2)14(12-8-4-3-5-9-12)17(20)16(18(15)21)11-7-6-10-13(16)19/h3-5,8-9,21H,6-7,10-11H2,1-2H3/t16-/m0/s1. The zero-order chi connectivity index (χ0) is 15.3. The van der Waals surface area contributed by atoms with Crippen molar-refractivity contribution in [1.82, 2.24) is 5.06 Å². The molecular weight excluding hydrogens is 268 g/mol. The van der Waals surface area contributed by atoms with Crippen LogP contribution in [-0.2, 0) is 4.79 Å². The zero-order valence-corrected chi connectivity index (χ0v) is 12.4. The van der Waals surface area contributed by atoms with Crippen LogP contribution in [0.5, 0.6) is 0 Å². The molecule has 0 aromatic heterocycles. The van der Waals surface area contributed by atoms with Crippen LogP contribution in [0, 0.1) is 5.21 Å². The van der Waals surface area contributed by atoms with Gasteiger partial charge in [-0.25, -0.2) is 0 Å². The highest BCUT2D eigenvalue weighted by atomic mass is 16.6. The number of hydroxylamine groups is 3. The van der Waals surface area contributed by atoms with Crippen LogP contribution < -0.4 is 0 Å². The van der Waals surface area contributed by atoms with Crippen LogP contribution in [0.2, 0.25) is 0 Å². The van der Waals surface area contributed by atoms with Crippen molar-refractivity contribution < 1.29 is 14.7 Å². The Hall–Kier alpha value is -1.72. The highest BCUT2D eigenvalue weighted by molar-refractivity contribution is 6.06. The number of rotatable bonds is 1. The minimum atomic E-state index is -1.45. The zero-order valence-electron chi connectivity index (χ0n) is 12.4. The second-order valence-electron chi connectivity index (χ2n) is 6.33. The van der Waals surface area contributed by atoms with E-state index in [2.05, 4.69) is 0 Å². The van der Waals surface area contributed by atoms with Gasteiger partial charge in [-0.1, -0.05) is 18.2 Å². The van der Waals surface area contributed by atoms with E-state index in [0.717, 1.165) is 28.2 Å². The van der Waals surface area contributed by atoms with Crippen LogP contribution in [0.3, 0.4) is 0 Å². The summed E-state index contributed by atoms with van der Waals surface area (Å²) >= 11 is 0. The second-order valence-corrected chi connectivity index (χ2v) is 6.33. The number of Topliss-reactive ketones (excluding diaryl/α,β-unsaturated/α-hetero) is 1. The van der Waals surface area contributed by atoms with Gasteiger partial charge in [-0.15, -0.1) is 5.06 Å². The number of hydrogen-bond donors (Lipinski definition) is 1. The van der Waals surface area contributed by atoms with E-state index >= 15 is 0 Å². The van der Waals surface area contributed by atoms with Gasteiger partial charge in [0.05, 0.1) is 0 Å². The van der Waals surface area contributed by atoms with Gasteiger partial charge in [0.15, 0.2) is 0 Å². The number of ketones is 1. The molecule has 1 aliphatic heterocycles. The molecule has 0 amide bonds. The highest BCUT2D eigenvalue weighted by Crippen LogP contribution is 2.41. The fraction of sp³-hybridized carbons (Fsp3) is 0.500. The fourth-order valence-corrected chi connectivity index (χ4v) is 3.58. The summed E-state index contributed by atoms with van der Waals surface area (Å²) in [5.74, 6) is -0.190. The van der Waals surface area contributed by atoms with Crippen LogP contribution in [-0.4, -0.2) is 37.7 Å². The first kappa shape index (κ1) is 14.2. The summed E-state index contributed by atoms with van der Waals surface area (Å²) in [4.78, 5) is 12.4. The molecule has 1 aliphatic carbocycles. The van der Waals surface area contributed by atoms with E-state index < -0.39 is 11.2 Å². The van der Waals surface area contributed by atoms with E-state index in [1.54, 1.807) is 13.8 Å². The van der Waals surface area contributed by atoms with Gasteiger partial charge >= 0.3 is 5.66 Å². The molecule has 0 saturated heterocycles. The van der Waals surface area contributed by atoms with E-state index in [1.807, 2.05) is 30.3 Å². The first-order chi connectivity index (χ1) is 9.92. The van der Waals surface area contributed by atoms with Crippen molar-refractivity contribution in [2.75, 3.05) is 0 Å². The van der Waals surface area contributed by atoms with Crippen molar-refractivity contribution in [2.45, 2.75) is 50.7 Å². The predicted molar refractivity (Wildman–Crippen MR) is 78.1 cm³/mol. The van der Waals surface area contributed by atoms with Crippen LogP contribution in [0.15, 0.2) is 30.3 Å². The van der Waals surface area contributed by atoms with Gasteiger partial charge in [0.2, 0.25) is 11.5 Å². The topological polar surface area (TPSA) is 66.6 Å². The molecule has 1 N–H and O–H groups in total. The normalized spacial score (nSPS) is 29.4. The SMILES string of the molecule is CC1(C)C(c2ccccc2)=[N+]([O-])[C@@]2(CCCCC2=O)N1O. The molecule has 0 bridgehead atoms. The van der Waals surface area contributed by atoms with Crippen molar-refractivity contribution in [1.29, 1.82) is 0 Å². The Morgan fingerprint density at radius 2 is 1.90 bits per heavy atom. The molecular formula is C16H20N2O3. The summed E-state index contributed by atoms with van der Waals surface area (Å²) in [7, 11) is 0. The van der Waals surface area contributed by atoms with E-state index in [1.165, 1.54) is 0 Å². The molecule has 2 aliphatic rings. The summed E-state index contributed by atoms with van der Waals surface area (Å²) in [6.07, 6.45) is 2.25. The molecule has 21 heavy (non-hydrogen) atoms. The minimum absolute atomic E-state index is 0.190. The molecule has 1 heterocycles. The van der Waals surface area contributed by atoms with Crippen molar-refractivity contribution in [2.24, 2.45) is 0 Å². The van der Waals surface area contributed by atoms with Gasteiger partial charge < -0.3 is 10.4 Å². The first-order valence-electron chi connectivity index (χ1n) is 7.35. The second kappa shape index (κ2) is 4.64. The maximum atomic E-state index is 13.0. The lowest BCUT2D eigenvalue weighted by molar-refractivity contribution is -0.573. The lowest BCUT2D eigenvalue weighted by Gasteiger charge is -2.36. The van der Waals surface area contributed by atoms with Crippen molar-refractivity contribution in [3.63, 3.8) is 0 Å². The molecule has 1 saturated carbocycles. The Kier molecular flexibility index (Phi) is 3.15. The molecule has 1 aromatic rings. The molecule has 5 heteroatoms. The maximum absolute atomic E-state index is 13.0. The number of carbonyl (C=O) groups is 1. The number of nitrogens with zero attached hydrogens (tertiary/aromatic N) is 2. The van der Waals surface area contributed by atoms with Gasteiger partial charge in [0.25, 0.3) is 0 Å². The summed E-state index contributed by atoms with van der Waals surface area (Å²) in [6, 6.07) is 9.24. The quantitative estimate of drug-likeness (QED) is 0.636. The highest BCUT2D eigenvalue weighted by Gasteiger charge is 2.66. The van der Waals surface area contributed by atoms with Crippen LogP contribution in [0.25, 0.3) is 0 Å². The van der Waals surface area contributed by atoms with Gasteiger partial charge in [-0.3, -0.25) is 4.79 Å². The van der Waals surface area contributed by atoms with Gasteiger partial charge in [0.1, 0.15) is 5.54 Å². The minimum Gasteiger partial charge on any atom is -0.622 e. The Morgan fingerprint density at radius 3 is 2.52 bits per heavy atom. The van der Waals surface area contributed by atoms with Crippen molar-refractivity contribution in [3.8, 4) is 0 Å². The first-order valence-corrected chi connectivity index (χ1v) is 7.35. The third-order valence-corrected chi connectivity index (χ3v) is 4.67. The average Bonchev–Trinajstić information content (AvgIpc) is 2.61. The van der Waals surface area contributed by atoms with Crippen molar-refractivity contribution >= 4 is 11.5 Å². The number of benzene rings is 1. The largest absolute Gasteiger partial charge is 0.622 e. The molecule has 3 rings (SSSR count). The van der Waals surface area contributed by atoms with Crippen molar-refractivity contribution in [3.05, 3.63) is 41.1 Å². The fourth-order valence-electron chi connectivity index (χ4n) is 3.58. The monoisotopic (exact) mass is 288 g/mol. The van der Waals surface area contributed by atoms with E-state index in [0.29, 0.717) is 18.6 Å². The lowest BCUT2D eigenvalue weighted by Crippen LogP contribution is -2.60. The summed E-state index contributed by atoms with van der Waals surface area (Å²) < 4.78 is 0.754. The Bertz CT molecular complexity index is 609. The smallest absolute Gasteiger partial charge is 0.310 e. The number of carbonyl (C=O) groups excluding carboxylic acids is 1. The third kappa shape index (κ3) is 1.77. The van der Waals surface area contributed by atoms with Gasteiger partial charge in [-0.2, -0.15) is 4.74 Å². The molecule has 5 nitrogen and oxygen atoms in total. The summed E-state index contributed by atoms with van der Waals surface area (Å²) in [5.41, 5.74) is -1.17. The van der Waals surface area contributed by atoms with Crippen LogP contribution in [0.4, 0.5) is 0 Å². The maximum Gasteiger partial charge on any atom is 0.310 e. The lowest BCUT2D eigenvalue weighted by atomic mass is 9.86. The third-order valence-electron chi connectivity index (χ3n) is 4.67. The summed E-state index contributed by atoms with van der Waals surface area (Å²) in [5, 5.41) is 24.6. The van der Waals surface area contributed by atoms with Gasteiger partial charge in [0, 0.05) is 18.4 Å². The van der Waals surface area contributed by atoms with Crippen LogP contribution in [0.1, 0.15) is 45.1 Å². The number of hydrogen-bond acceptors (Lipinski definition) is 4. The molecule has 1 atom stereocenters. The van der Waals surface area contributed by atoms with E-state index in [4.69, 9.17) is 0 Å². The molecule has 1 spiro atoms. The molecule has 0 radical (unpaired) electrons. The van der Waals surface area contributed by atoms with E-state index in [-0.39, 0.29) is 5.78 Å². The van der Waals surface area contributed by atoms with Gasteiger partial charge in [-0.05, 0) is 38.8 Å². The van der Waals surface area contributed by atoms with E-state index in [9.17, 15) is 15.2 Å². The van der Waals surface area contributed by atoms with Crippen LogP contribution >= 0.6 is 0 Å². The Balaban J connectivity index is 2.21. The Labute approximate surface area is 124 Å². The molecule has 112 valence electrons.